The fraction of sp³-hybridized carbons (Fsp3) is 0.0667. The molecule has 37 heavy (non-hydrogen) atoms. The van der Waals surface area contributed by atoms with Crippen LogP contribution in [0.25, 0.3) is 0 Å². The predicted molar refractivity (Wildman–Crippen MR) is 146 cm³/mol. The number of hydrogen-bond donors (Lipinski definition) is 1. The molecule has 6 nitrogen and oxygen atoms in total. The molecule has 2 aromatic heterocycles. The van der Waals surface area contributed by atoms with Crippen LogP contribution < -0.4 is 9.62 Å². The van der Waals surface area contributed by atoms with Gasteiger partial charge < -0.3 is 4.90 Å². The largest absolute Gasteiger partial charge is 0.311 e. The highest BCUT2D eigenvalue weighted by Crippen LogP contribution is 2.34. The third-order valence-corrected chi connectivity index (χ3v) is 7.41. The molecule has 0 saturated carbocycles. The van der Waals surface area contributed by atoms with Crippen LogP contribution in [0.5, 0.6) is 0 Å². The third kappa shape index (κ3) is 5.91. The molecule has 0 spiro atoms. The highest BCUT2D eigenvalue weighted by Gasteiger charge is 2.23. The Labute approximate surface area is 217 Å². The van der Waals surface area contributed by atoms with Gasteiger partial charge in [0.15, 0.2) is 0 Å². The van der Waals surface area contributed by atoms with E-state index in [1.54, 1.807) is 18.5 Å². The van der Waals surface area contributed by atoms with E-state index in [2.05, 4.69) is 56.0 Å². The van der Waals surface area contributed by atoms with Gasteiger partial charge in [-0.2, -0.15) is 0 Å². The summed E-state index contributed by atoms with van der Waals surface area (Å²) in [5.74, 6) is 0. The SMILES string of the molecule is O=S(=O)(NC(Cc1ccc(N(c2ccccc2)c2ccccc2)cc1)c1ccccn1)c1cccnc1. The summed E-state index contributed by atoms with van der Waals surface area (Å²) in [6, 6.07) is 36.6. The Hall–Kier alpha value is -4.33. The monoisotopic (exact) mass is 506 g/mol. The Morgan fingerprint density at radius 1 is 0.676 bits per heavy atom. The molecule has 0 amide bonds. The summed E-state index contributed by atoms with van der Waals surface area (Å²) < 4.78 is 29.0. The quantitative estimate of drug-likeness (QED) is 0.257. The van der Waals surface area contributed by atoms with Gasteiger partial charge in [-0.1, -0.05) is 54.6 Å². The average molecular weight is 507 g/mol. The van der Waals surface area contributed by atoms with Crippen LogP contribution in [0.2, 0.25) is 0 Å². The summed E-state index contributed by atoms with van der Waals surface area (Å²) in [7, 11) is -3.78. The van der Waals surface area contributed by atoms with E-state index < -0.39 is 16.1 Å². The van der Waals surface area contributed by atoms with Crippen molar-refractivity contribution >= 4 is 27.1 Å². The third-order valence-electron chi connectivity index (χ3n) is 5.95. The van der Waals surface area contributed by atoms with Crippen LogP contribution in [-0.4, -0.2) is 18.4 Å². The molecule has 0 aliphatic rings. The highest BCUT2D eigenvalue weighted by molar-refractivity contribution is 7.89. The van der Waals surface area contributed by atoms with Gasteiger partial charge in [0.2, 0.25) is 10.0 Å². The molecule has 0 fully saturated rings. The maximum atomic E-state index is 13.1. The molecule has 2 heterocycles. The average Bonchev–Trinajstić information content (AvgIpc) is 2.96. The summed E-state index contributed by atoms with van der Waals surface area (Å²) in [5, 5.41) is 0. The topological polar surface area (TPSA) is 75.2 Å². The van der Waals surface area contributed by atoms with Gasteiger partial charge in [-0.15, -0.1) is 0 Å². The molecular formula is C30H26N4O2S. The minimum Gasteiger partial charge on any atom is -0.311 e. The number of hydrogen-bond acceptors (Lipinski definition) is 5. The van der Waals surface area contributed by atoms with Crippen molar-refractivity contribution in [3.05, 3.63) is 145 Å². The maximum absolute atomic E-state index is 13.1. The summed E-state index contributed by atoms with van der Waals surface area (Å²) in [6.07, 6.45) is 4.99. The predicted octanol–water partition coefficient (Wildman–Crippen LogP) is 6.21. The smallest absolute Gasteiger partial charge is 0.242 e. The lowest BCUT2D eigenvalue weighted by Gasteiger charge is -2.26. The molecule has 184 valence electrons. The van der Waals surface area contributed by atoms with Gasteiger partial charge in [0.1, 0.15) is 4.90 Å². The van der Waals surface area contributed by atoms with Crippen molar-refractivity contribution < 1.29 is 8.42 Å². The van der Waals surface area contributed by atoms with Crippen LogP contribution in [0, 0.1) is 0 Å². The fourth-order valence-electron chi connectivity index (χ4n) is 4.17. The van der Waals surface area contributed by atoms with Crippen LogP contribution in [0.3, 0.4) is 0 Å². The lowest BCUT2D eigenvalue weighted by Crippen LogP contribution is -2.30. The zero-order valence-electron chi connectivity index (χ0n) is 20.1. The first-order valence-corrected chi connectivity index (χ1v) is 13.4. The first kappa shape index (κ1) is 24.4. The van der Waals surface area contributed by atoms with Crippen LogP contribution in [0.4, 0.5) is 17.1 Å². The Bertz CT molecular complexity index is 1480. The van der Waals surface area contributed by atoms with Gasteiger partial charge in [0.25, 0.3) is 0 Å². The van der Waals surface area contributed by atoms with Gasteiger partial charge in [-0.25, -0.2) is 13.1 Å². The molecule has 5 aromatic rings. The first-order chi connectivity index (χ1) is 18.1. The number of para-hydroxylation sites is 2. The van der Waals surface area contributed by atoms with Crippen molar-refractivity contribution in [3.63, 3.8) is 0 Å². The highest BCUT2D eigenvalue weighted by atomic mass is 32.2. The molecule has 3 aromatic carbocycles. The van der Waals surface area contributed by atoms with Gasteiger partial charge in [0.05, 0.1) is 11.7 Å². The summed E-state index contributed by atoms with van der Waals surface area (Å²) in [5.41, 5.74) is 4.74. The molecule has 7 heteroatoms. The Kier molecular flexibility index (Phi) is 7.35. The van der Waals surface area contributed by atoms with Crippen LogP contribution in [0.1, 0.15) is 17.3 Å². The van der Waals surface area contributed by atoms with Crippen molar-refractivity contribution in [1.82, 2.24) is 14.7 Å². The van der Waals surface area contributed by atoms with Crippen molar-refractivity contribution in [2.75, 3.05) is 4.90 Å². The number of nitrogens with one attached hydrogen (secondary N) is 1. The standard InChI is InChI=1S/C30H26N4O2S/c35-37(36,28-14-9-20-31-23-28)33-30(29-15-7-8-21-32-29)22-24-16-18-27(19-17-24)34(25-10-3-1-4-11-25)26-12-5-2-6-13-26/h1-21,23,30,33H,22H2. The van der Waals surface area contributed by atoms with Gasteiger partial charge in [0, 0.05) is 35.7 Å². The van der Waals surface area contributed by atoms with E-state index in [1.165, 1.54) is 12.3 Å². The van der Waals surface area contributed by atoms with E-state index in [0.717, 1.165) is 22.6 Å². The molecule has 0 bridgehead atoms. The summed E-state index contributed by atoms with van der Waals surface area (Å²) in [4.78, 5) is 10.7. The van der Waals surface area contributed by atoms with Crippen LogP contribution in [0.15, 0.2) is 139 Å². The normalized spacial score (nSPS) is 12.1. The Balaban J connectivity index is 1.44. The lowest BCUT2D eigenvalue weighted by atomic mass is 10.0. The molecule has 1 N–H and O–H groups in total. The van der Waals surface area contributed by atoms with Crippen molar-refractivity contribution in [2.45, 2.75) is 17.4 Å². The number of sulfonamides is 1. The van der Waals surface area contributed by atoms with E-state index in [4.69, 9.17) is 0 Å². The lowest BCUT2D eigenvalue weighted by molar-refractivity contribution is 0.549. The summed E-state index contributed by atoms with van der Waals surface area (Å²) in [6.45, 7) is 0. The van der Waals surface area contributed by atoms with Crippen LogP contribution in [-0.2, 0) is 16.4 Å². The first-order valence-electron chi connectivity index (χ1n) is 11.9. The molecular weight excluding hydrogens is 480 g/mol. The molecule has 5 rings (SSSR count). The second-order valence-electron chi connectivity index (χ2n) is 8.49. The number of rotatable bonds is 9. The van der Waals surface area contributed by atoms with Gasteiger partial charge in [-0.05, 0) is 72.6 Å². The zero-order valence-corrected chi connectivity index (χ0v) is 20.9. The number of nitrogens with zero attached hydrogens (tertiary/aromatic N) is 3. The molecule has 0 aliphatic carbocycles. The van der Waals surface area contributed by atoms with Crippen LogP contribution >= 0.6 is 0 Å². The van der Waals surface area contributed by atoms with Crippen molar-refractivity contribution in [3.8, 4) is 0 Å². The molecule has 0 aliphatic heterocycles. The Morgan fingerprint density at radius 2 is 1.30 bits per heavy atom. The van der Waals surface area contributed by atoms with E-state index in [0.29, 0.717) is 12.1 Å². The minimum absolute atomic E-state index is 0.118. The Morgan fingerprint density at radius 3 is 1.86 bits per heavy atom. The number of pyridine rings is 2. The van der Waals surface area contributed by atoms with Gasteiger partial charge >= 0.3 is 0 Å². The van der Waals surface area contributed by atoms with Crippen molar-refractivity contribution in [2.24, 2.45) is 0 Å². The zero-order chi connectivity index (χ0) is 25.5. The second-order valence-corrected chi connectivity index (χ2v) is 10.2. The van der Waals surface area contributed by atoms with E-state index in [1.807, 2.05) is 66.7 Å². The second kappa shape index (κ2) is 11.2. The molecule has 1 atom stereocenters. The minimum atomic E-state index is -3.78. The maximum Gasteiger partial charge on any atom is 0.242 e. The van der Waals surface area contributed by atoms with Crippen molar-refractivity contribution in [1.29, 1.82) is 0 Å². The fourth-order valence-corrected chi connectivity index (χ4v) is 5.34. The summed E-state index contributed by atoms with van der Waals surface area (Å²) >= 11 is 0. The van der Waals surface area contributed by atoms with E-state index >= 15 is 0 Å². The molecule has 0 radical (unpaired) electrons. The number of anilines is 3. The number of benzene rings is 3. The number of aromatic nitrogens is 2. The van der Waals surface area contributed by atoms with E-state index in [9.17, 15) is 8.42 Å². The molecule has 0 saturated heterocycles. The van der Waals surface area contributed by atoms with E-state index in [-0.39, 0.29) is 4.90 Å². The molecule has 1 unspecified atom stereocenters. The van der Waals surface area contributed by atoms with Gasteiger partial charge in [-0.3, -0.25) is 9.97 Å².